The lowest BCUT2D eigenvalue weighted by atomic mass is 9.96. The van der Waals surface area contributed by atoms with E-state index in [0.29, 0.717) is 34.7 Å². The van der Waals surface area contributed by atoms with Crippen molar-refractivity contribution >= 4 is 17.0 Å². The summed E-state index contributed by atoms with van der Waals surface area (Å²) < 4.78 is 1.68. The van der Waals surface area contributed by atoms with E-state index >= 15 is 0 Å². The van der Waals surface area contributed by atoms with Gasteiger partial charge in [0, 0.05) is 18.0 Å². The van der Waals surface area contributed by atoms with Gasteiger partial charge in [0.1, 0.15) is 5.82 Å². The van der Waals surface area contributed by atoms with E-state index in [4.69, 9.17) is 4.98 Å². The van der Waals surface area contributed by atoms with E-state index in [1.54, 1.807) is 4.57 Å². The number of hydrazine groups is 1. The van der Waals surface area contributed by atoms with Crippen molar-refractivity contribution in [2.45, 2.75) is 25.9 Å². The fourth-order valence-electron chi connectivity index (χ4n) is 3.51. The second-order valence-corrected chi connectivity index (χ2v) is 6.77. The van der Waals surface area contributed by atoms with Gasteiger partial charge < -0.3 is 0 Å². The third-order valence-electron chi connectivity index (χ3n) is 4.98. The Morgan fingerprint density at radius 2 is 1.62 bits per heavy atom. The molecule has 2 atom stereocenters. The van der Waals surface area contributed by atoms with Gasteiger partial charge in [-0.1, -0.05) is 36.4 Å². The molecule has 1 aromatic heterocycles. The van der Waals surface area contributed by atoms with Crippen LogP contribution in [0.3, 0.4) is 0 Å². The summed E-state index contributed by atoms with van der Waals surface area (Å²) in [5.74, 6) is 0.966. The smallest absolute Gasteiger partial charge is 0.266 e. The first-order valence-corrected chi connectivity index (χ1v) is 8.91. The fraction of sp³-hybridized carbons (Fsp3) is 0.238. The monoisotopic (exact) mass is 346 g/mol. The molecular weight excluding hydrogens is 324 g/mol. The molecule has 3 aromatic rings. The topological polar surface area (TPSA) is 59.0 Å². The third-order valence-corrected chi connectivity index (χ3v) is 4.98. The molecule has 0 amide bonds. The third kappa shape index (κ3) is 2.96. The van der Waals surface area contributed by atoms with Gasteiger partial charge in [-0.3, -0.25) is 20.2 Å². The maximum atomic E-state index is 13.1. The SMILES string of the molecule is CC1NNC(C)C1/C=C/c1nc2ccccc2c(=O)n1-c1ccccc1. The molecule has 26 heavy (non-hydrogen) atoms. The van der Waals surface area contributed by atoms with Crippen LogP contribution in [0.1, 0.15) is 19.7 Å². The minimum Gasteiger partial charge on any atom is -0.268 e. The minimum atomic E-state index is -0.0507. The highest BCUT2D eigenvalue weighted by Gasteiger charge is 2.27. The molecule has 2 heterocycles. The van der Waals surface area contributed by atoms with E-state index in [2.05, 4.69) is 30.8 Å². The van der Waals surface area contributed by atoms with Gasteiger partial charge in [-0.15, -0.1) is 0 Å². The zero-order chi connectivity index (χ0) is 18.1. The largest absolute Gasteiger partial charge is 0.268 e. The molecule has 5 heteroatoms. The average molecular weight is 346 g/mol. The van der Waals surface area contributed by atoms with Gasteiger partial charge >= 0.3 is 0 Å². The molecule has 0 aliphatic carbocycles. The van der Waals surface area contributed by atoms with Crippen LogP contribution in [-0.2, 0) is 0 Å². The van der Waals surface area contributed by atoms with E-state index in [-0.39, 0.29) is 5.56 Å². The molecule has 4 rings (SSSR count). The van der Waals surface area contributed by atoms with Crippen LogP contribution in [0.2, 0.25) is 0 Å². The molecular formula is C21H22N4O. The summed E-state index contributed by atoms with van der Waals surface area (Å²) in [6.07, 6.45) is 4.10. The van der Waals surface area contributed by atoms with Crippen LogP contribution in [-0.4, -0.2) is 21.6 Å². The first kappa shape index (κ1) is 16.7. The summed E-state index contributed by atoms with van der Waals surface area (Å²) in [5, 5.41) is 0.624. The van der Waals surface area contributed by atoms with Crippen molar-refractivity contribution < 1.29 is 0 Å². The van der Waals surface area contributed by atoms with Crippen molar-refractivity contribution in [2.75, 3.05) is 0 Å². The molecule has 0 saturated carbocycles. The van der Waals surface area contributed by atoms with Gasteiger partial charge in [0.05, 0.1) is 16.6 Å². The van der Waals surface area contributed by atoms with Crippen molar-refractivity contribution in [2.24, 2.45) is 5.92 Å². The van der Waals surface area contributed by atoms with E-state index in [1.165, 1.54) is 0 Å². The Labute approximate surface area is 152 Å². The number of para-hydroxylation sites is 2. The molecule has 0 spiro atoms. The highest BCUT2D eigenvalue weighted by atomic mass is 16.1. The second kappa shape index (κ2) is 6.86. The normalized spacial score (nSPS) is 23.1. The molecule has 2 N–H and O–H groups in total. The number of hydrogen-bond acceptors (Lipinski definition) is 4. The van der Waals surface area contributed by atoms with Gasteiger partial charge in [-0.25, -0.2) is 4.98 Å². The molecule has 0 bridgehead atoms. The number of nitrogens with zero attached hydrogens (tertiary/aromatic N) is 2. The Bertz CT molecular complexity index is 999. The highest BCUT2D eigenvalue weighted by molar-refractivity contribution is 5.78. The van der Waals surface area contributed by atoms with Crippen LogP contribution in [0.15, 0.2) is 65.5 Å². The van der Waals surface area contributed by atoms with E-state index in [9.17, 15) is 4.79 Å². The predicted octanol–water partition coefficient (Wildman–Crippen LogP) is 2.90. The van der Waals surface area contributed by atoms with Crippen LogP contribution >= 0.6 is 0 Å². The maximum Gasteiger partial charge on any atom is 0.266 e. The molecule has 132 valence electrons. The van der Waals surface area contributed by atoms with Crippen molar-refractivity contribution in [3.8, 4) is 5.69 Å². The van der Waals surface area contributed by atoms with Gasteiger partial charge in [0.2, 0.25) is 0 Å². The molecule has 0 radical (unpaired) electrons. The minimum absolute atomic E-state index is 0.0507. The second-order valence-electron chi connectivity index (χ2n) is 6.77. The molecule has 1 fully saturated rings. The zero-order valence-corrected chi connectivity index (χ0v) is 14.9. The molecule has 5 nitrogen and oxygen atoms in total. The standard InChI is InChI=1S/C21H22N4O/c1-14-17(15(2)24-23-14)12-13-20-22-19-11-7-6-10-18(19)21(26)25(20)16-8-4-3-5-9-16/h3-15,17,23-24H,1-2H3/b13-12+. The summed E-state index contributed by atoms with van der Waals surface area (Å²) >= 11 is 0. The Hall–Kier alpha value is -2.76. The molecule has 1 saturated heterocycles. The van der Waals surface area contributed by atoms with Gasteiger partial charge in [0.25, 0.3) is 5.56 Å². The lowest BCUT2D eigenvalue weighted by Crippen LogP contribution is -2.30. The van der Waals surface area contributed by atoms with E-state index in [1.807, 2.05) is 60.7 Å². The summed E-state index contributed by atoms with van der Waals surface area (Å²) in [5.41, 5.74) is 7.99. The Balaban J connectivity index is 1.89. The Kier molecular flexibility index (Phi) is 4.41. The number of nitrogens with one attached hydrogen (secondary N) is 2. The van der Waals surface area contributed by atoms with E-state index < -0.39 is 0 Å². The molecule has 1 aliphatic heterocycles. The summed E-state index contributed by atoms with van der Waals surface area (Å²) in [7, 11) is 0. The first-order valence-electron chi connectivity index (χ1n) is 8.91. The predicted molar refractivity (Wildman–Crippen MR) is 105 cm³/mol. The highest BCUT2D eigenvalue weighted by Crippen LogP contribution is 2.19. The molecule has 2 unspecified atom stereocenters. The lowest BCUT2D eigenvalue weighted by Gasteiger charge is -2.14. The van der Waals surface area contributed by atoms with Crippen molar-refractivity contribution in [1.82, 2.24) is 20.4 Å². The number of fused-ring (bicyclic) bond motifs is 1. The summed E-state index contributed by atoms with van der Waals surface area (Å²) in [6.45, 7) is 4.28. The van der Waals surface area contributed by atoms with Crippen LogP contribution in [0.4, 0.5) is 0 Å². The van der Waals surface area contributed by atoms with Gasteiger partial charge in [-0.2, -0.15) is 0 Å². The van der Waals surface area contributed by atoms with Gasteiger partial charge in [-0.05, 0) is 44.2 Å². The summed E-state index contributed by atoms with van der Waals surface area (Å²) in [6, 6.07) is 17.8. The van der Waals surface area contributed by atoms with E-state index in [0.717, 1.165) is 5.69 Å². The molecule has 2 aromatic carbocycles. The van der Waals surface area contributed by atoms with Crippen molar-refractivity contribution in [3.63, 3.8) is 0 Å². The van der Waals surface area contributed by atoms with Crippen molar-refractivity contribution in [3.05, 3.63) is 76.9 Å². The number of benzene rings is 2. The number of aromatic nitrogens is 2. The molecule has 1 aliphatic rings. The zero-order valence-electron chi connectivity index (χ0n) is 14.9. The Morgan fingerprint density at radius 1 is 0.962 bits per heavy atom. The quantitative estimate of drug-likeness (QED) is 0.766. The summed E-state index contributed by atoms with van der Waals surface area (Å²) in [4.78, 5) is 17.9. The van der Waals surface area contributed by atoms with Crippen LogP contribution < -0.4 is 16.4 Å². The van der Waals surface area contributed by atoms with Crippen LogP contribution in [0, 0.1) is 5.92 Å². The Morgan fingerprint density at radius 3 is 2.35 bits per heavy atom. The number of hydrogen-bond donors (Lipinski definition) is 2. The van der Waals surface area contributed by atoms with Crippen LogP contribution in [0.5, 0.6) is 0 Å². The number of rotatable bonds is 3. The van der Waals surface area contributed by atoms with Crippen LogP contribution in [0.25, 0.3) is 22.7 Å². The van der Waals surface area contributed by atoms with Gasteiger partial charge in [0.15, 0.2) is 0 Å². The fourth-order valence-corrected chi connectivity index (χ4v) is 3.51. The van der Waals surface area contributed by atoms with Crippen molar-refractivity contribution in [1.29, 1.82) is 0 Å². The first-order chi connectivity index (χ1) is 12.6. The lowest BCUT2D eigenvalue weighted by molar-refractivity contribution is 0.542. The maximum absolute atomic E-state index is 13.1. The average Bonchev–Trinajstić information content (AvgIpc) is 2.99.